The normalized spacial score (nSPS) is 13.5. The molecule has 2 amide bonds. The molecule has 0 aliphatic carbocycles. The second-order valence-corrected chi connectivity index (χ2v) is 10.7. The number of hydrogen-bond donors (Lipinski definition) is 4. The number of oxazole rings is 1. The number of aromatic nitrogens is 1. The fourth-order valence-corrected chi connectivity index (χ4v) is 4.75. The summed E-state index contributed by atoms with van der Waals surface area (Å²) in [6, 6.07) is 14.4. The van der Waals surface area contributed by atoms with Gasteiger partial charge in [-0.3, -0.25) is 14.4 Å². The minimum absolute atomic E-state index is 0.0278. The van der Waals surface area contributed by atoms with Crippen LogP contribution in [0, 0.1) is 11.7 Å². The van der Waals surface area contributed by atoms with Crippen LogP contribution in [-0.4, -0.2) is 40.7 Å². The smallest absolute Gasteiger partial charge is 0.305 e. The predicted octanol–water partition coefficient (Wildman–Crippen LogP) is 4.84. The quantitative estimate of drug-likeness (QED) is 0.182. The van der Waals surface area contributed by atoms with Crippen LogP contribution in [0.15, 0.2) is 65.1 Å². The Morgan fingerprint density at radius 2 is 1.74 bits per heavy atom. The molecular formula is C31H31FN4O7. The number of hydrogen-bond acceptors (Lipinski definition) is 8. The van der Waals surface area contributed by atoms with E-state index in [9.17, 15) is 23.9 Å². The molecule has 1 aliphatic rings. The molecule has 224 valence electrons. The second-order valence-electron chi connectivity index (χ2n) is 10.7. The van der Waals surface area contributed by atoms with Crippen molar-refractivity contribution in [2.75, 3.05) is 12.1 Å². The third kappa shape index (κ3) is 7.59. The Kier molecular flexibility index (Phi) is 8.74. The van der Waals surface area contributed by atoms with Gasteiger partial charge in [0.2, 0.25) is 18.6 Å². The van der Waals surface area contributed by atoms with Crippen molar-refractivity contribution in [3.63, 3.8) is 0 Å². The van der Waals surface area contributed by atoms with Gasteiger partial charge in [0.25, 0.3) is 6.01 Å². The molecule has 0 saturated heterocycles. The van der Waals surface area contributed by atoms with Crippen LogP contribution in [0.25, 0.3) is 11.1 Å². The van der Waals surface area contributed by atoms with Crippen molar-refractivity contribution >= 4 is 40.6 Å². The molecule has 0 radical (unpaired) electrons. The highest BCUT2D eigenvalue weighted by atomic mass is 19.1. The lowest BCUT2D eigenvalue weighted by molar-refractivity contribution is -0.138. The standard InChI is InChI=1S/C31H31FN4O7/c1-17(2)11-24(30(40)35-23(15-29(38)39)19-4-10-25-27(14-19)42-16-41-25)34-28(37)13-18-3-9-22-26(12-18)43-31(36-22)33-21-7-5-20(32)6-8-21/h3-10,12,14,17,23-24H,11,13,15-16H2,1-2H3,(H,33,36)(H,34,37)(H,35,40)(H,38,39). The number of amides is 2. The van der Waals surface area contributed by atoms with E-state index in [0.717, 1.165) is 0 Å². The van der Waals surface area contributed by atoms with Crippen molar-refractivity contribution in [1.29, 1.82) is 0 Å². The molecule has 0 spiro atoms. The maximum Gasteiger partial charge on any atom is 0.305 e. The van der Waals surface area contributed by atoms with E-state index in [2.05, 4.69) is 20.9 Å². The van der Waals surface area contributed by atoms with Gasteiger partial charge < -0.3 is 34.9 Å². The summed E-state index contributed by atoms with van der Waals surface area (Å²) in [6.07, 6.45) is -0.0407. The van der Waals surface area contributed by atoms with E-state index in [1.165, 1.54) is 12.1 Å². The molecule has 4 N–H and O–H groups in total. The summed E-state index contributed by atoms with van der Waals surface area (Å²) >= 11 is 0. The second kappa shape index (κ2) is 12.8. The van der Waals surface area contributed by atoms with Gasteiger partial charge in [-0.15, -0.1) is 0 Å². The van der Waals surface area contributed by atoms with Crippen LogP contribution in [0.2, 0.25) is 0 Å². The number of carbonyl (C=O) groups excluding carboxylic acids is 2. The third-order valence-corrected chi connectivity index (χ3v) is 6.77. The molecule has 2 atom stereocenters. The van der Waals surface area contributed by atoms with Crippen LogP contribution in [-0.2, 0) is 20.8 Å². The number of carbonyl (C=O) groups is 3. The number of anilines is 2. The largest absolute Gasteiger partial charge is 0.481 e. The van der Waals surface area contributed by atoms with E-state index in [0.29, 0.717) is 45.8 Å². The number of ether oxygens (including phenoxy) is 2. The Bertz CT molecular complexity index is 1640. The summed E-state index contributed by atoms with van der Waals surface area (Å²) in [5.74, 6) is -1.25. The lowest BCUT2D eigenvalue weighted by atomic mass is 9.99. The van der Waals surface area contributed by atoms with Crippen LogP contribution in [0.5, 0.6) is 11.5 Å². The molecule has 1 aromatic heterocycles. The zero-order valence-corrected chi connectivity index (χ0v) is 23.6. The highest BCUT2D eigenvalue weighted by molar-refractivity contribution is 5.89. The molecule has 2 heterocycles. The average Bonchev–Trinajstić information content (AvgIpc) is 3.58. The number of aliphatic carboxylic acids is 1. The molecule has 0 bridgehead atoms. The molecule has 1 aliphatic heterocycles. The minimum Gasteiger partial charge on any atom is -0.481 e. The summed E-state index contributed by atoms with van der Waals surface area (Å²) in [6.45, 7) is 3.91. The predicted molar refractivity (Wildman–Crippen MR) is 154 cm³/mol. The number of carboxylic acid groups (broad SMARTS) is 1. The van der Waals surface area contributed by atoms with Gasteiger partial charge in [0.1, 0.15) is 17.4 Å². The zero-order chi connectivity index (χ0) is 30.5. The van der Waals surface area contributed by atoms with Crippen LogP contribution in [0.4, 0.5) is 16.1 Å². The number of rotatable bonds is 12. The van der Waals surface area contributed by atoms with E-state index in [1.54, 1.807) is 48.5 Å². The first kappa shape index (κ1) is 29.4. The first-order valence-corrected chi connectivity index (χ1v) is 13.8. The first-order chi connectivity index (χ1) is 20.6. The highest BCUT2D eigenvalue weighted by Gasteiger charge is 2.27. The van der Waals surface area contributed by atoms with Crippen LogP contribution in [0.3, 0.4) is 0 Å². The number of fused-ring (bicyclic) bond motifs is 2. The molecule has 3 aromatic carbocycles. The van der Waals surface area contributed by atoms with E-state index in [4.69, 9.17) is 13.9 Å². The monoisotopic (exact) mass is 590 g/mol. The SMILES string of the molecule is CC(C)CC(NC(=O)Cc1ccc2nc(Nc3ccc(F)cc3)oc2c1)C(=O)NC(CC(=O)O)c1ccc2c(c1)OCO2. The molecule has 11 nitrogen and oxygen atoms in total. The summed E-state index contributed by atoms with van der Waals surface area (Å²) in [7, 11) is 0. The molecule has 43 heavy (non-hydrogen) atoms. The van der Waals surface area contributed by atoms with Gasteiger partial charge in [-0.05, 0) is 72.0 Å². The number of benzene rings is 3. The number of nitrogens with zero attached hydrogens (tertiary/aromatic N) is 1. The van der Waals surface area contributed by atoms with E-state index >= 15 is 0 Å². The van der Waals surface area contributed by atoms with Crippen molar-refractivity contribution in [2.45, 2.75) is 45.2 Å². The van der Waals surface area contributed by atoms with Gasteiger partial charge in [-0.2, -0.15) is 4.98 Å². The van der Waals surface area contributed by atoms with E-state index in [1.807, 2.05) is 13.8 Å². The number of halogens is 1. The highest BCUT2D eigenvalue weighted by Crippen LogP contribution is 2.35. The fourth-order valence-electron chi connectivity index (χ4n) is 4.75. The fraction of sp³-hybridized carbons (Fsp3) is 0.290. The van der Waals surface area contributed by atoms with E-state index in [-0.39, 0.29) is 43.3 Å². The van der Waals surface area contributed by atoms with Crippen molar-refractivity contribution in [3.8, 4) is 11.5 Å². The Morgan fingerprint density at radius 1 is 0.977 bits per heavy atom. The van der Waals surface area contributed by atoms with Crippen molar-refractivity contribution in [1.82, 2.24) is 15.6 Å². The molecule has 2 unspecified atom stereocenters. The summed E-state index contributed by atoms with van der Waals surface area (Å²) in [5.41, 5.74) is 2.81. The molecule has 4 aromatic rings. The Morgan fingerprint density at radius 3 is 2.49 bits per heavy atom. The molecule has 12 heteroatoms. The van der Waals surface area contributed by atoms with Gasteiger partial charge >= 0.3 is 5.97 Å². The average molecular weight is 591 g/mol. The van der Waals surface area contributed by atoms with Gasteiger partial charge in [0.05, 0.1) is 18.9 Å². The summed E-state index contributed by atoms with van der Waals surface area (Å²) < 4.78 is 29.7. The van der Waals surface area contributed by atoms with Gasteiger partial charge in [-0.25, -0.2) is 4.39 Å². The van der Waals surface area contributed by atoms with Gasteiger partial charge in [0.15, 0.2) is 17.1 Å². The summed E-state index contributed by atoms with van der Waals surface area (Å²) in [5, 5.41) is 18.1. The Labute approximate surface area is 246 Å². The maximum atomic E-state index is 13.4. The topological polar surface area (TPSA) is 152 Å². The van der Waals surface area contributed by atoms with E-state index < -0.39 is 24.0 Å². The van der Waals surface area contributed by atoms with Crippen molar-refractivity contribution in [3.05, 3.63) is 77.6 Å². The number of nitrogens with one attached hydrogen (secondary N) is 3. The Hall–Kier alpha value is -5.13. The zero-order valence-electron chi connectivity index (χ0n) is 23.6. The molecule has 5 rings (SSSR count). The third-order valence-electron chi connectivity index (χ3n) is 6.77. The van der Waals surface area contributed by atoms with Crippen LogP contribution < -0.4 is 25.4 Å². The minimum atomic E-state index is -1.09. The van der Waals surface area contributed by atoms with Gasteiger partial charge in [0, 0.05) is 5.69 Å². The molecular weight excluding hydrogens is 559 g/mol. The van der Waals surface area contributed by atoms with Crippen LogP contribution >= 0.6 is 0 Å². The van der Waals surface area contributed by atoms with Gasteiger partial charge in [-0.1, -0.05) is 26.0 Å². The molecule has 0 fully saturated rings. The van der Waals surface area contributed by atoms with Crippen molar-refractivity contribution < 1.29 is 37.8 Å². The van der Waals surface area contributed by atoms with Crippen molar-refractivity contribution in [2.24, 2.45) is 5.92 Å². The number of carboxylic acids is 1. The molecule has 0 saturated carbocycles. The maximum absolute atomic E-state index is 13.4. The first-order valence-electron chi connectivity index (χ1n) is 13.8. The lowest BCUT2D eigenvalue weighted by Gasteiger charge is -2.24. The Balaban J connectivity index is 1.25. The summed E-state index contributed by atoms with van der Waals surface area (Å²) in [4.78, 5) is 42.4. The van der Waals surface area contributed by atoms with Crippen LogP contribution in [0.1, 0.15) is 43.9 Å². The lowest BCUT2D eigenvalue weighted by Crippen LogP contribution is -2.49.